The van der Waals surface area contributed by atoms with Crippen molar-refractivity contribution < 1.29 is 245 Å². The van der Waals surface area contributed by atoms with Crippen molar-refractivity contribution in [2.45, 2.75) is 0 Å². The Balaban J connectivity index is -0.000000270. The van der Waals surface area contributed by atoms with Crippen LogP contribution in [0, 0.1) is 0 Å². The van der Waals surface area contributed by atoms with Gasteiger partial charge < -0.3 is 39.6 Å². The first kappa shape index (κ1) is 38.0. The van der Waals surface area contributed by atoms with Gasteiger partial charge in [0.2, 0.25) is 0 Å². The van der Waals surface area contributed by atoms with E-state index in [4.69, 9.17) is 0 Å². The standard InChI is InChI=1S/C9H14N2O8.4K/c12-6(13)1-10(2-7(14)15)5-11(3-8(16)17)4-9(18)19;;;;/h1-5H2,(H,12,13)(H,14,15)(H,16,17)(H,18,19);;;;/q;4*+1/p-4. The third-order valence-electron chi connectivity index (χ3n) is 1.81. The zero-order valence-electron chi connectivity index (χ0n) is 13.7. The van der Waals surface area contributed by atoms with Gasteiger partial charge in [0.05, 0.1) is 30.5 Å². The number of nitrogens with zero attached hydrogens (tertiary/aromatic N) is 2. The molecular formula is C9H10K4N2O8. The largest absolute Gasteiger partial charge is 1.00 e. The van der Waals surface area contributed by atoms with Crippen LogP contribution in [0.1, 0.15) is 0 Å². The van der Waals surface area contributed by atoms with Gasteiger partial charge in [-0.2, -0.15) is 0 Å². The minimum atomic E-state index is -1.61. The van der Waals surface area contributed by atoms with Gasteiger partial charge in [-0.3, -0.25) is 9.80 Å². The number of hydrogen-bond acceptors (Lipinski definition) is 10. The molecule has 0 aromatic carbocycles. The number of hydrogen-bond donors (Lipinski definition) is 0. The van der Waals surface area contributed by atoms with Crippen LogP contribution in [0.4, 0.5) is 0 Å². The Bertz CT molecular complexity index is 319. The average Bonchev–Trinajstić information content (AvgIpc) is 2.11. The van der Waals surface area contributed by atoms with Crippen LogP contribution in [0.15, 0.2) is 0 Å². The van der Waals surface area contributed by atoms with Crippen molar-refractivity contribution in [1.82, 2.24) is 9.80 Å². The van der Waals surface area contributed by atoms with E-state index >= 15 is 0 Å². The van der Waals surface area contributed by atoms with Gasteiger partial charge >= 0.3 is 206 Å². The second-order valence-corrected chi connectivity index (χ2v) is 3.60. The first-order valence-electron chi connectivity index (χ1n) is 4.94. The van der Waals surface area contributed by atoms with Crippen LogP contribution in [0.2, 0.25) is 0 Å². The van der Waals surface area contributed by atoms with Crippen LogP contribution >= 0.6 is 0 Å². The third kappa shape index (κ3) is 26.3. The van der Waals surface area contributed by atoms with Crippen LogP contribution in [0.3, 0.4) is 0 Å². The van der Waals surface area contributed by atoms with Crippen molar-refractivity contribution in [3.8, 4) is 0 Å². The first-order valence-corrected chi connectivity index (χ1v) is 4.94. The molecular weight excluding hydrogens is 420 g/mol. The normalized spacial score (nSPS) is 8.78. The summed E-state index contributed by atoms with van der Waals surface area (Å²) in [6.07, 6.45) is 0. The van der Waals surface area contributed by atoms with Crippen molar-refractivity contribution in [2.75, 3.05) is 32.8 Å². The maximum atomic E-state index is 10.4. The molecule has 0 radical (unpaired) electrons. The van der Waals surface area contributed by atoms with Gasteiger partial charge in [-0.05, 0) is 0 Å². The van der Waals surface area contributed by atoms with E-state index < -0.39 is 56.7 Å². The topological polar surface area (TPSA) is 167 Å². The molecule has 0 fully saturated rings. The second-order valence-electron chi connectivity index (χ2n) is 3.60. The molecule has 0 rings (SSSR count). The Morgan fingerprint density at radius 2 is 0.696 bits per heavy atom. The molecule has 0 aromatic heterocycles. The molecule has 0 aromatic rings. The Labute approximate surface area is 303 Å². The Morgan fingerprint density at radius 3 is 0.826 bits per heavy atom. The van der Waals surface area contributed by atoms with Crippen LogP contribution in [-0.4, -0.2) is 66.5 Å². The second kappa shape index (κ2) is 22.6. The van der Waals surface area contributed by atoms with E-state index in [0.717, 1.165) is 9.80 Å². The molecule has 0 unspecified atom stereocenters. The number of carbonyl (C=O) groups excluding carboxylic acids is 4. The SMILES string of the molecule is O=C([O-])CN(CC(=O)[O-])CN(CC(=O)[O-])CC(=O)[O-].[K+].[K+].[K+].[K+]. The number of aliphatic carboxylic acids is 4. The van der Waals surface area contributed by atoms with Crippen molar-refractivity contribution in [3.63, 3.8) is 0 Å². The molecule has 10 nitrogen and oxygen atoms in total. The fourth-order valence-corrected chi connectivity index (χ4v) is 1.32. The van der Waals surface area contributed by atoms with Gasteiger partial charge in [0.1, 0.15) is 0 Å². The molecule has 0 spiro atoms. The quantitative estimate of drug-likeness (QED) is 0.240. The first-order chi connectivity index (χ1) is 8.70. The van der Waals surface area contributed by atoms with Gasteiger partial charge in [-0.15, -0.1) is 0 Å². The van der Waals surface area contributed by atoms with Crippen molar-refractivity contribution in [2.24, 2.45) is 0 Å². The van der Waals surface area contributed by atoms with Gasteiger partial charge in [0, 0.05) is 26.2 Å². The van der Waals surface area contributed by atoms with Crippen molar-refractivity contribution in [1.29, 1.82) is 0 Å². The van der Waals surface area contributed by atoms with Crippen LogP contribution in [0.25, 0.3) is 0 Å². The summed E-state index contributed by atoms with van der Waals surface area (Å²) in [7, 11) is 0. The number of carboxylic acids is 4. The van der Waals surface area contributed by atoms with Gasteiger partial charge in [0.25, 0.3) is 0 Å². The van der Waals surface area contributed by atoms with Crippen molar-refractivity contribution in [3.05, 3.63) is 0 Å². The van der Waals surface area contributed by atoms with E-state index in [2.05, 4.69) is 0 Å². The zero-order valence-corrected chi connectivity index (χ0v) is 26.2. The maximum absolute atomic E-state index is 10.4. The number of carboxylic acid groups (broad SMARTS) is 4. The summed E-state index contributed by atoms with van der Waals surface area (Å²) in [4.78, 5) is 43.0. The molecule has 0 heterocycles. The van der Waals surface area contributed by atoms with E-state index in [1.807, 2.05) is 0 Å². The van der Waals surface area contributed by atoms with Gasteiger partial charge in [-0.25, -0.2) is 0 Å². The predicted octanol–water partition coefficient (Wildman–Crippen LogP) is -19.4. The Kier molecular flexibility index (Phi) is 37.4. The summed E-state index contributed by atoms with van der Waals surface area (Å²) in [5.74, 6) is -6.43. The summed E-state index contributed by atoms with van der Waals surface area (Å²) in [6, 6.07) is 0. The average molecular weight is 431 g/mol. The molecule has 0 aliphatic carbocycles. The molecule has 0 saturated carbocycles. The molecule has 23 heavy (non-hydrogen) atoms. The molecule has 0 bridgehead atoms. The monoisotopic (exact) mass is 430 g/mol. The van der Waals surface area contributed by atoms with E-state index in [1.165, 1.54) is 0 Å². The van der Waals surface area contributed by atoms with E-state index in [-0.39, 0.29) is 206 Å². The number of rotatable bonds is 10. The fourth-order valence-electron chi connectivity index (χ4n) is 1.32. The fraction of sp³-hybridized carbons (Fsp3) is 0.556. The summed E-state index contributed by atoms with van der Waals surface area (Å²) in [6.45, 7) is -3.87. The summed E-state index contributed by atoms with van der Waals surface area (Å²) in [5, 5.41) is 41.5. The zero-order chi connectivity index (χ0) is 15.0. The molecule has 0 aliphatic heterocycles. The van der Waals surface area contributed by atoms with Crippen LogP contribution in [0.5, 0.6) is 0 Å². The third-order valence-corrected chi connectivity index (χ3v) is 1.81. The number of carbonyl (C=O) groups is 4. The summed E-state index contributed by atoms with van der Waals surface area (Å²) in [5.41, 5.74) is 0. The minimum Gasteiger partial charge on any atom is -0.549 e. The predicted molar refractivity (Wildman–Crippen MR) is 48.0 cm³/mol. The molecule has 14 heteroatoms. The van der Waals surface area contributed by atoms with Crippen LogP contribution in [-0.2, 0) is 19.2 Å². The molecule has 0 N–H and O–H groups in total. The smallest absolute Gasteiger partial charge is 0.549 e. The van der Waals surface area contributed by atoms with Crippen LogP contribution < -0.4 is 226 Å². The molecule has 108 valence electrons. The summed E-state index contributed by atoms with van der Waals surface area (Å²) >= 11 is 0. The van der Waals surface area contributed by atoms with E-state index in [0.29, 0.717) is 0 Å². The molecule has 0 aliphatic rings. The molecule has 0 amide bonds. The molecule has 0 saturated heterocycles. The van der Waals surface area contributed by atoms with Gasteiger partial charge in [0.15, 0.2) is 0 Å². The van der Waals surface area contributed by atoms with E-state index in [9.17, 15) is 39.6 Å². The Morgan fingerprint density at radius 1 is 0.522 bits per heavy atom. The van der Waals surface area contributed by atoms with E-state index in [1.54, 1.807) is 0 Å². The van der Waals surface area contributed by atoms with Gasteiger partial charge in [-0.1, -0.05) is 0 Å². The minimum absolute atomic E-state index is 0. The Hall–Kier alpha value is 4.35. The van der Waals surface area contributed by atoms with Crippen molar-refractivity contribution >= 4 is 23.9 Å². The molecule has 0 atom stereocenters. The maximum Gasteiger partial charge on any atom is 1.00 e. The summed E-state index contributed by atoms with van der Waals surface area (Å²) < 4.78 is 0.